The average molecular weight is 831 g/mol. The van der Waals surface area contributed by atoms with Crippen molar-refractivity contribution in [3.8, 4) is 10.4 Å². The van der Waals surface area contributed by atoms with E-state index >= 15 is 0 Å². The van der Waals surface area contributed by atoms with Gasteiger partial charge in [0, 0.05) is 69.9 Å². The number of amides is 4. The summed E-state index contributed by atoms with van der Waals surface area (Å²) in [5.41, 5.74) is 11.6. The second kappa shape index (κ2) is 20.7. The summed E-state index contributed by atoms with van der Waals surface area (Å²) in [6.07, 6.45) is 1.38. The minimum Gasteiger partial charge on any atom is -0.391 e. The molecule has 0 bridgehead atoms. The molecule has 2 saturated heterocycles. The fourth-order valence-corrected chi connectivity index (χ4v) is 9.00. The maximum atomic E-state index is 14.2. The van der Waals surface area contributed by atoms with Gasteiger partial charge in [-0.1, -0.05) is 65.8 Å². The van der Waals surface area contributed by atoms with Gasteiger partial charge >= 0.3 is 0 Å². The Balaban J connectivity index is 1.08. The summed E-state index contributed by atoms with van der Waals surface area (Å²) in [7, 11) is 0. The zero-order chi connectivity index (χ0) is 42.9. The van der Waals surface area contributed by atoms with E-state index in [0.717, 1.165) is 79.5 Å². The molecule has 0 spiro atoms. The third-order valence-corrected chi connectivity index (χ3v) is 12.4. The lowest BCUT2D eigenvalue weighted by atomic mass is 9.85. The number of carbonyl (C=O) groups is 4. The molecular weight excluding hydrogens is 765 g/mol. The normalized spacial score (nSPS) is 19.5. The largest absolute Gasteiger partial charge is 0.391 e. The molecule has 59 heavy (non-hydrogen) atoms. The SMILES string of the molecule is CCCNNC(=O)c1ccc(N2CCN(CC(C)CC(C)CC(=O)N[C@H](C(=O)N3C[C@H](O)CC3C(=O)N[C@@H](C)c3ccc(-c4scnc4C)cc3)C(C)(C)C)CC2)cc1. The molecule has 5 N–H and O–H groups in total. The van der Waals surface area contributed by atoms with E-state index < -0.39 is 23.6 Å². The number of hydrogen-bond acceptors (Lipinski definition) is 10. The number of β-amino-alcohol motifs (C(OH)–C–C–N with tert-alkyl or cyclic N) is 1. The summed E-state index contributed by atoms with van der Waals surface area (Å²) < 4.78 is 0. The lowest BCUT2D eigenvalue weighted by molar-refractivity contribution is -0.144. The Hall–Kier alpha value is -4.37. The van der Waals surface area contributed by atoms with E-state index in [1.165, 1.54) is 4.90 Å². The van der Waals surface area contributed by atoms with Gasteiger partial charge in [-0.15, -0.1) is 11.3 Å². The molecule has 0 saturated carbocycles. The first kappa shape index (κ1) is 45.7. The highest BCUT2D eigenvalue weighted by Crippen LogP contribution is 2.30. The van der Waals surface area contributed by atoms with Gasteiger partial charge in [0.25, 0.3) is 5.91 Å². The number of aliphatic hydroxyl groups excluding tert-OH is 1. The van der Waals surface area contributed by atoms with E-state index in [1.807, 2.05) is 95.6 Å². The summed E-state index contributed by atoms with van der Waals surface area (Å²) in [5, 5.41) is 16.8. The van der Waals surface area contributed by atoms with Crippen molar-refractivity contribution in [2.45, 2.75) is 105 Å². The summed E-state index contributed by atoms with van der Waals surface area (Å²) in [6, 6.07) is 13.7. The number of rotatable bonds is 17. The first-order valence-electron chi connectivity index (χ1n) is 21.2. The van der Waals surface area contributed by atoms with Gasteiger partial charge in [0.05, 0.1) is 28.2 Å². The number of nitrogens with zero attached hydrogens (tertiary/aromatic N) is 4. The summed E-state index contributed by atoms with van der Waals surface area (Å²) in [4.78, 5) is 65.5. The van der Waals surface area contributed by atoms with Crippen LogP contribution in [0.3, 0.4) is 0 Å². The Morgan fingerprint density at radius 1 is 0.932 bits per heavy atom. The molecule has 2 aliphatic rings. The van der Waals surface area contributed by atoms with Gasteiger partial charge in [0.15, 0.2) is 0 Å². The second-order valence-corrected chi connectivity index (χ2v) is 18.6. The van der Waals surface area contributed by atoms with Gasteiger partial charge < -0.3 is 25.5 Å². The van der Waals surface area contributed by atoms with Crippen LogP contribution in [0.4, 0.5) is 5.69 Å². The standard InChI is InChI=1S/C45H66N8O5S/c1-9-18-47-50-42(56)35-14-16-36(17-15-35)52-21-19-51(20-22-52)26-30(3)23-29(2)24-39(55)49-41(45(6,7)8)44(58)53-27-37(54)25-38(53)43(57)48-31(4)33-10-12-34(13-11-33)40-32(5)46-28-59-40/h10-17,28-31,37-38,41,47,54H,9,18-27H2,1-8H3,(H,48,57)(H,49,55)(H,50,56)/t29?,30?,31-,37+,38?,41+/m0/s1. The van der Waals surface area contributed by atoms with Gasteiger partial charge in [-0.05, 0) is 79.3 Å². The first-order valence-corrected chi connectivity index (χ1v) is 22.1. The van der Waals surface area contributed by atoms with Gasteiger partial charge in [-0.3, -0.25) is 29.5 Å². The van der Waals surface area contributed by atoms with Gasteiger partial charge in [-0.25, -0.2) is 10.4 Å². The van der Waals surface area contributed by atoms with Crippen LogP contribution in [0.2, 0.25) is 0 Å². The minimum absolute atomic E-state index is 0.0287. The smallest absolute Gasteiger partial charge is 0.265 e. The van der Waals surface area contributed by atoms with Crippen LogP contribution >= 0.6 is 11.3 Å². The van der Waals surface area contributed by atoms with Gasteiger partial charge in [0.2, 0.25) is 17.7 Å². The Morgan fingerprint density at radius 2 is 1.61 bits per heavy atom. The number of aliphatic hydroxyl groups is 1. The third kappa shape index (κ3) is 12.6. The zero-order valence-corrected chi connectivity index (χ0v) is 37.0. The number of likely N-dealkylation sites (tertiary alicyclic amines) is 1. The van der Waals surface area contributed by atoms with Crippen LogP contribution in [0, 0.1) is 24.2 Å². The Labute approximate surface area is 354 Å². The lowest BCUT2D eigenvalue weighted by Crippen LogP contribution is -2.58. The van der Waals surface area contributed by atoms with Crippen molar-refractivity contribution in [1.29, 1.82) is 0 Å². The third-order valence-electron chi connectivity index (χ3n) is 11.4. The fourth-order valence-electron chi connectivity index (χ4n) is 8.19. The van der Waals surface area contributed by atoms with Crippen molar-refractivity contribution in [2.75, 3.05) is 50.7 Å². The van der Waals surface area contributed by atoms with Crippen molar-refractivity contribution in [3.05, 3.63) is 70.9 Å². The molecule has 2 fully saturated rings. The predicted octanol–water partition coefficient (Wildman–Crippen LogP) is 5.31. The molecule has 14 heteroatoms. The fraction of sp³-hybridized carbons (Fsp3) is 0.578. The van der Waals surface area contributed by atoms with E-state index in [0.29, 0.717) is 11.5 Å². The number of aromatic nitrogens is 1. The van der Waals surface area contributed by atoms with Crippen LogP contribution < -0.4 is 26.4 Å². The number of carbonyl (C=O) groups excluding carboxylic acids is 4. The Morgan fingerprint density at radius 3 is 2.22 bits per heavy atom. The Bertz CT molecular complexity index is 1850. The molecule has 0 aliphatic carbocycles. The molecule has 13 nitrogen and oxygen atoms in total. The van der Waals surface area contributed by atoms with Gasteiger partial charge in [0.1, 0.15) is 12.1 Å². The van der Waals surface area contributed by atoms with Crippen molar-refractivity contribution in [3.63, 3.8) is 0 Å². The molecule has 3 heterocycles. The summed E-state index contributed by atoms with van der Waals surface area (Å²) >= 11 is 1.59. The molecule has 0 radical (unpaired) electrons. The van der Waals surface area contributed by atoms with Crippen molar-refractivity contribution >= 4 is 40.7 Å². The number of hydrogen-bond donors (Lipinski definition) is 5. The molecule has 322 valence electrons. The highest BCUT2D eigenvalue weighted by atomic mass is 32.1. The molecule has 1 aromatic heterocycles. The van der Waals surface area contributed by atoms with E-state index in [4.69, 9.17) is 0 Å². The van der Waals surface area contributed by atoms with Crippen LogP contribution in [0.25, 0.3) is 10.4 Å². The average Bonchev–Trinajstić information content (AvgIpc) is 3.81. The number of nitrogens with one attached hydrogen (secondary N) is 4. The maximum Gasteiger partial charge on any atom is 0.265 e. The highest BCUT2D eigenvalue weighted by molar-refractivity contribution is 7.13. The molecule has 4 amide bonds. The molecule has 3 unspecified atom stereocenters. The van der Waals surface area contributed by atoms with Crippen LogP contribution in [0.1, 0.15) is 102 Å². The molecule has 2 aliphatic heterocycles. The summed E-state index contributed by atoms with van der Waals surface area (Å²) in [6.45, 7) is 21.3. The molecule has 5 rings (SSSR count). The summed E-state index contributed by atoms with van der Waals surface area (Å²) in [5.74, 6) is -0.550. The van der Waals surface area contributed by atoms with Crippen LogP contribution in [0.5, 0.6) is 0 Å². The second-order valence-electron chi connectivity index (χ2n) is 17.7. The van der Waals surface area contributed by atoms with Gasteiger partial charge in [-0.2, -0.15) is 0 Å². The van der Waals surface area contributed by atoms with E-state index in [2.05, 4.69) is 50.1 Å². The number of aryl methyl sites for hydroxylation is 1. The Kier molecular flexibility index (Phi) is 16.1. The molecule has 2 aromatic carbocycles. The first-order chi connectivity index (χ1) is 28.0. The maximum absolute atomic E-state index is 14.2. The van der Waals surface area contributed by atoms with Crippen molar-refractivity contribution < 1.29 is 24.3 Å². The lowest BCUT2D eigenvalue weighted by Gasteiger charge is -2.37. The zero-order valence-electron chi connectivity index (χ0n) is 36.2. The molecular formula is C45H66N8O5S. The van der Waals surface area contributed by atoms with E-state index in [9.17, 15) is 24.3 Å². The number of benzene rings is 2. The number of anilines is 1. The topological polar surface area (TPSA) is 159 Å². The highest BCUT2D eigenvalue weighted by Gasteiger charge is 2.44. The number of piperazine rings is 1. The monoisotopic (exact) mass is 830 g/mol. The number of thiazole rings is 1. The molecule has 6 atom stereocenters. The van der Waals surface area contributed by atoms with Crippen LogP contribution in [-0.4, -0.2) is 108 Å². The van der Waals surface area contributed by atoms with Crippen LogP contribution in [0.15, 0.2) is 54.0 Å². The van der Waals surface area contributed by atoms with Crippen LogP contribution in [-0.2, 0) is 14.4 Å². The predicted molar refractivity (Wildman–Crippen MR) is 235 cm³/mol. The minimum atomic E-state index is -0.868. The van der Waals surface area contributed by atoms with Crippen molar-refractivity contribution in [1.82, 2.24) is 36.3 Å². The number of hydrazine groups is 1. The quantitative estimate of drug-likeness (QED) is 0.0899. The van der Waals surface area contributed by atoms with E-state index in [1.54, 1.807) is 11.3 Å². The molecule has 3 aromatic rings. The van der Waals surface area contributed by atoms with Crippen molar-refractivity contribution in [2.24, 2.45) is 17.3 Å². The van der Waals surface area contributed by atoms with E-state index in [-0.39, 0.29) is 55.0 Å².